The Morgan fingerprint density at radius 3 is 2.77 bits per heavy atom. The number of amides is 1. The Balaban J connectivity index is 1.21. The molecule has 3 aromatic rings. The molecule has 1 amide bonds. The molecular weight excluding hydrogens is 388 g/mol. The predicted molar refractivity (Wildman–Crippen MR) is 122 cm³/mol. The number of hydrogen-bond acceptors (Lipinski definition) is 4. The molecule has 0 spiro atoms. The second kappa shape index (κ2) is 10.3. The molecule has 1 aliphatic rings. The summed E-state index contributed by atoms with van der Waals surface area (Å²) in [6, 6.07) is 20.9. The lowest BCUT2D eigenvalue weighted by Gasteiger charge is -2.24. The van der Waals surface area contributed by atoms with Gasteiger partial charge in [-0.25, -0.2) is 0 Å². The van der Waals surface area contributed by atoms with Gasteiger partial charge in [0.2, 0.25) is 0 Å². The predicted octanol–water partition coefficient (Wildman–Crippen LogP) is 4.61. The number of carbonyl (C=O) groups excluding carboxylic acids is 1. The third-order valence-electron chi connectivity index (χ3n) is 5.78. The zero-order valence-electron chi connectivity index (χ0n) is 18.0. The van der Waals surface area contributed by atoms with E-state index in [9.17, 15) is 4.79 Å². The van der Waals surface area contributed by atoms with Gasteiger partial charge in [-0.1, -0.05) is 48.5 Å². The van der Waals surface area contributed by atoms with Crippen molar-refractivity contribution in [3.8, 4) is 0 Å². The van der Waals surface area contributed by atoms with E-state index in [1.54, 1.807) is 12.3 Å². The van der Waals surface area contributed by atoms with Crippen LogP contribution in [-0.4, -0.2) is 31.7 Å². The Labute approximate surface area is 184 Å². The standard InChI is InChI=1S/C26H30N2O3/c1-20-18-22-10-5-6-11-24(22)28(20)19-25-23(13-17-31-25)26(29)27-14-7-15-30-16-12-21-8-3-2-4-9-21/h2-6,8-11,13,17,20H,7,12,14-16,18-19H2,1H3,(H,27,29). The minimum atomic E-state index is -0.0897. The second-order valence-electron chi connectivity index (χ2n) is 8.02. The van der Waals surface area contributed by atoms with Crippen LogP contribution >= 0.6 is 0 Å². The minimum absolute atomic E-state index is 0.0897. The van der Waals surface area contributed by atoms with Crippen molar-refractivity contribution < 1.29 is 13.9 Å². The summed E-state index contributed by atoms with van der Waals surface area (Å²) in [7, 11) is 0. The summed E-state index contributed by atoms with van der Waals surface area (Å²) in [5.74, 6) is 0.619. The number of rotatable bonds is 10. The number of carbonyl (C=O) groups is 1. The van der Waals surface area contributed by atoms with Crippen molar-refractivity contribution in [2.24, 2.45) is 0 Å². The van der Waals surface area contributed by atoms with Crippen molar-refractivity contribution in [3.05, 3.63) is 89.4 Å². The number of anilines is 1. The number of nitrogens with one attached hydrogen (secondary N) is 1. The van der Waals surface area contributed by atoms with E-state index >= 15 is 0 Å². The van der Waals surface area contributed by atoms with Gasteiger partial charge in [-0.3, -0.25) is 4.79 Å². The molecule has 162 valence electrons. The number of ether oxygens (including phenoxy) is 1. The van der Waals surface area contributed by atoms with Gasteiger partial charge in [-0.15, -0.1) is 0 Å². The average molecular weight is 419 g/mol. The molecule has 0 bridgehead atoms. The Bertz CT molecular complexity index is 983. The van der Waals surface area contributed by atoms with Gasteiger partial charge in [0.25, 0.3) is 5.91 Å². The van der Waals surface area contributed by atoms with Crippen LogP contribution in [0, 0.1) is 0 Å². The van der Waals surface area contributed by atoms with Crippen molar-refractivity contribution in [1.82, 2.24) is 5.32 Å². The van der Waals surface area contributed by atoms with E-state index in [2.05, 4.69) is 53.5 Å². The first-order chi connectivity index (χ1) is 15.2. The zero-order chi connectivity index (χ0) is 21.5. The first kappa shape index (κ1) is 21.2. The summed E-state index contributed by atoms with van der Waals surface area (Å²) in [6.07, 6.45) is 4.31. The van der Waals surface area contributed by atoms with E-state index in [-0.39, 0.29) is 5.91 Å². The van der Waals surface area contributed by atoms with Crippen LogP contribution in [0.25, 0.3) is 0 Å². The molecule has 1 atom stereocenters. The fourth-order valence-electron chi connectivity index (χ4n) is 4.10. The number of benzene rings is 2. The van der Waals surface area contributed by atoms with E-state index in [0.29, 0.717) is 43.7 Å². The quantitative estimate of drug-likeness (QED) is 0.489. The van der Waals surface area contributed by atoms with Gasteiger partial charge >= 0.3 is 0 Å². The maximum Gasteiger partial charge on any atom is 0.254 e. The third kappa shape index (κ3) is 5.36. The minimum Gasteiger partial charge on any atom is -0.467 e. The first-order valence-corrected chi connectivity index (χ1v) is 11.0. The molecule has 2 aromatic carbocycles. The van der Waals surface area contributed by atoms with Crippen LogP contribution in [0.5, 0.6) is 0 Å². The van der Waals surface area contributed by atoms with Gasteiger partial charge in [0.1, 0.15) is 5.76 Å². The molecule has 1 N–H and O–H groups in total. The number of para-hydroxylation sites is 1. The third-order valence-corrected chi connectivity index (χ3v) is 5.78. The summed E-state index contributed by atoms with van der Waals surface area (Å²) in [5.41, 5.74) is 4.46. The van der Waals surface area contributed by atoms with E-state index in [1.807, 2.05) is 18.2 Å². The number of furan rings is 1. The highest BCUT2D eigenvalue weighted by Gasteiger charge is 2.27. The lowest BCUT2D eigenvalue weighted by Crippen LogP contribution is -2.30. The highest BCUT2D eigenvalue weighted by molar-refractivity contribution is 5.95. The smallest absolute Gasteiger partial charge is 0.254 e. The summed E-state index contributed by atoms with van der Waals surface area (Å²) < 4.78 is 11.4. The lowest BCUT2D eigenvalue weighted by atomic mass is 10.1. The van der Waals surface area contributed by atoms with Crippen LogP contribution < -0.4 is 10.2 Å². The van der Waals surface area contributed by atoms with Gasteiger partial charge in [0.15, 0.2) is 0 Å². The molecule has 4 rings (SSSR count). The largest absolute Gasteiger partial charge is 0.467 e. The topological polar surface area (TPSA) is 54.7 Å². The maximum absolute atomic E-state index is 12.7. The molecular formula is C26H30N2O3. The maximum atomic E-state index is 12.7. The molecule has 1 aliphatic heterocycles. The number of hydrogen-bond donors (Lipinski definition) is 1. The van der Waals surface area contributed by atoms with Crippen molar-refractivity contribution in [2.75, 3.05) is 24.7 Å². The van der Waals surface area contributed by atoms with Crippen LogP contribution in [0.3, 0.4) is 0 Å². The fourth-order valence-corrected chi connectivity index (χ4v) is 4.10. The molecule has 0 saturated carbocycles. The molecule has 0 saturated heterocycles. The summed E-state index contributed by atoms with van der Waals surface area (Å²) in [6.45, 7) is 4.71. The molecule has 5 heteroatoms. The normalized spacial score (nSPS) is 15.1. The lowest BCUT2D eigenvalue weighted by molar-refractivity contribution is 0.0940. The summed E-state index contributed by atoms with van der Waals surface area (Å²) in [4.78, 5) is 15.0. The van der Waals surface area contributed by atoms with Crippen LogP contribution in [-0.2, 0) is 24.1 Å². The fraction of sp³-hybridized carbons (Fsp3) is 0.346. The Morgan fingerprint density at radius 2 is 1.90 bits per heavy atom. The van der Waals surface area contributed by atoms with Crippen molar-refractivity contribution in [3.63, 3.8) is 0 Å². The Hall–Kier alpha value is -3.05. The summed E-state index contributed by atoms with van der Waals surface area (Å²) in [5, 5.41) is 2.99. The number of nitrogens with zero attached hydrogens (tertiary/aromatic N) is 1. The molecule has 0 aliphatic carbocycles. The van der Waals surface area contributed by atoms with Crippen LogP contribution in [0.15, 0.2) is 71.3 Å². The van der Waals surface area contributed by atoms with Gasteiger partial charge in [0, 0.05) is 24.9 Å². The molecule has 1 unspecified atom stereocenters. The average Bonchev–Trinajstić information content (AvgIpc) is 3.38. The van der Waals surface area contributed by atoms with Crippen molar-refractivity contribution in [1.29, 1.82) is 0 Å². The van der Waals surface area contributed by atoms with E-state index in [0.717, 1.165) is 19.3 Å². The molecule has 5 nitrogen and oxygen atoms in total. The van der Waals surface area contributed by atoms with E-state index in [1.165, 1.54) is 16.8 Å². The Morgan fingerprint density at radius 1 is 1.10 bits per heavy atom. The molecule has 31 heavy (non-hydrogen) atoms. The number of fused-ring (bicyclic) bond motifs is 1. The van der Waals surface area contributed by atoms with E-state index in [4.69, 9.17) is 9.15 Å². The van der Waals surface area contributed by atoms with Gasteiger partial charge in [-0.05, 0) is 49.4 Å². The summed E-state index contributed by atoms with van der Waals surface area (Å²) >= 11 is 0. The molecule has 2 heterocycles. The monoisotopic (exact) mass is 418 g/mol. The second-order valence-corrected chi connectivity index (χ2v) is 8.02. The van der Waals surface area contributed by atoms with E-state index < -0.39 is 0 Å². The molecule has 1 aromatic heterocycles. The first-order valence-electron chi connectivity index (χ1n) is 11.0. The van der Waals surface area contributed by atoms with Crippen molar-refractivity contribution >= 4 is 11.6 Å². The highest BCUT2D eigenvalue weighted by atomic mass is 16.5. The zero-order valence-corrected chi connectivity index (χ0v) is 18.0. The van der Waals surface area contributed by atoms with Crippen LogP contribution in [0.1, 0.15) is 40.6 Å². The molecule has 0 radical (unpaired) electrons. The highest BCUT2D eigenvalue weighted by Crippen LogP contribution is 2.33. The van der Waals surface area contributed by atoms with Gasteiger partial charge in [0.05, 0.1) is 25.0 Å². The molecule has 0 fully saturated rings. The van der Waals surface area contributed by atoms with Crippen LogP contribution in [0.2, 0.25) is 0 Å². The SMILES string of the molecule is CC1Cc2ccccc2N1Cc1occc1C(=O)NCCCOCCc1ccccc1. The van der Waals surface area contributed by atoms with Crippen LogP contribution in [0.4, 0.5) is 5.69 Å². The van der Waals surface area contributed by atoms with Gasteiger partial charge in [-0.2, -0.15) is 0 Å². The van der Waals surface area contributed by atoms with Crippen molar-refractivity contribution in [2.45, 2.75) is 38.8 Å². The Kier molecular flexibility index (Phi) is 7.05. The van der Waals surface area contributed by atoms with Gasteiger partial charge < -0.3 is 19.4 Å².